The molecule has 15 heavy (non-hydrogen) atoms. The summed E-state index contributed by atoms with van der Waals surface area (Å²) in [5, 5.41) is 17.2. The predicted molar refractivity (Wildman–Crippen MR) is 40.1 cm³/mol. The third kappa shape index (κ3) is 2.40. The number of H-pyrrole nitrogens is 1. The quantitative estimate of drug-likeness (QED) is 0.734. The van der Waals surface area contributed by atoms with Crippen molar-refractivity contribution in [1.29, 1.82) is 5.26 Å². The van der Waals surface area contributed by atoms with Crippen molar-refractivity contribution in [3.8, 4) is 17.6 Å². The molecule has 0 atom stereocenters. The van der Waals surface area contributed by atoms with Gasteiger partial charge < -0.3 is 14.8 Å². The van der Waals surface area contributed by atoms with Gasteiger partial charge in [0, 0.05) is 6.20 Å². The Balaban J connectivity index is 3.33. The molecule has 1 rings (SSSR count). The first-order valence-corrected chi connectivity index (χ1v) is 3.45. The number of alkyl halides is 3. The van der Waals surface area contributed by atoms with E-state index in [1.54, 1.807) is 0 Å². The lowest BCUT2D eigenvalue weighted by molar-refractivity contribution is -0.275. The average molecular weight is 220 g/mol. The highest BCUT2D eigenvalue weighted by molar-refractivity contribution is 5.41. The number of halogens is 3. The molecule has 0 aromatic carbocycles. The molecular formula is C7H3F3N2O3. The first-order chi connectivity index (χ1) is 6.85. The van der Waals surface area contributed by atoms with Gasteiger partial charge in [-0.25, -0.2) is 0 Å². The largest absolute Gasteiger partial charge is 0.573 e. The molecule has 0 saturated carbocycles. The minimum absolute atomic E-state index is 0.699. The number of hydrogen-bond acceptors (Lipinski definition) is 4. The molecular weight excluding hydrogens is 217 g/mol. The molecule has 0 unspecified atom stereocenters. The van der Waals surface area contributed by atoms with Crippen molar-refractivity contribution in [2.45, 2.75) is 6.36 Å². The molecule has 0 radical (unpaired) electrons. The van der Waals surface area contributed by atoms with Gasteiger partial charge in [0.05, 0.1) is 0 Å². The lowest BCUT2D eigenvalue weighted by Crippen LogP contribution is -2.23. The zero-order chi connectivity index (χ0) is 11.6. The van der Waals surface area contributed by atoms with Gasteiger partial charge in [-0.3, -0.25) is 4.79 Å². The number of aromatic hydroxyl groups is 1. The summed E-state index contributed by atoms with van der Waals surface area (Å²) >= 11 is 0. The number of nitriles is 1. The number of aromatic nitrogens is 1. The Bertz CT molecular complexity index is 472. The topological polar surface area (TPSA) is 86.1 Å². The molecule has 80 valence electrons. The minimum Gasteiger partial charge on any atom is -0.503 e. The van der Waals surface area contributed by atoms with Crippen molar-refractivity contribution < 1.29 is 23.0 Å². The van der Waals surface area contributed by atoms with Gasteiger partial charge in [0.1, 0.15) is 6.07 Å². The van der Waals surface area contributed by atoms with E-state index in [0.29, 0.717) is 6.20 Å². The van der Waals surface area contributed by atoms with E-state index < -0.39 is 29.0 Å². The Kier molecular flexibility index (Phi) is 2.57. The number of hydrogen-bond donors (Lipinski definition) is 2. The van der Waals surface area contributed by atoms with Crippen molar-refractivity contribution in [1.82, 2.24) is 4.98 Å². The summed E-state index contributed by atoms with van der Waals surface area (Å²) in [5.41, 5.74) is -2.11. The van der Waals surface area contributed by atoms with Crippen LogP contribution in [0.2, 0.25) is 0 Å². The second kappa shape index (κ2) is 3.53. The molecule has 0 aliphatic carbocycles. The molecule has 0 aliphatic heterocycles. The lowest BCUT2D eigenvalue weighted by Gasteiger charge is -2.08. The van der Waals surface area contributed by atoms with Crippen molar-refractivity contribution >= 4 is 0 Å². The van der Waals surface area contributed by atoms with Crippen molar-refractivity contribution in [2.24, 2.45) is 0 Å². The Hall–Kier alpha value is -2.17. The van der Waals surface area contributed by atoms with Gasteiger partial charge in [-0.15, -0.1) is 13.2 Å². The van der Waals surface area contributed by atoms with Crippen LogP contribution < -0.4 is 10.2 Å². The van der Waals surface area contributed by atoms with E-state index in [1.807, 2.05) is 4.98 Å². The molecule has 1 heterocycles. The number of nitrogens with zero attached hydrogens (tertiary/aromatic N) is 1. The van der Waals surface area contributed by atoms with Crippen molar-refractivity contribution in [3.63, 3.8) is 0 Å². The standard InChI is InChI=1S/C7H3F3N2O3/c8-7(9,10)15-6-3(1-11)12-2-4(13)5(6)14/h2,13H,(H,12,14). The van der Waals surface area contributed by atoms with Gasteiger partial charge >= 0.3 is 6.36 Å². The highest BCUT2D eigenvalue weighted by Gasteiger charge is 2.34. The second-order valence-corrected chi connectivity index (χ2v) is 2.37. The zero-order valence-electron chi connectivity index (χ0n) is 6.92. The van der Waals surface area contributed by atoms with E-state index in [9.17, 15) is 18.0 Å². The van der Waals surface area contributed by atoms with E-state index >= 15 is 0 Å². The molecule has 0 amide bonds. The summed E-state index contributed by atoms with van der Waals surface area (Å²) in [6.45, 7) is 0. The highest BCUT2D eigenvalue weighted by atomic mass is 19.4. The number of rotatable bonds is 1. The fraction of sp³-hybridized carbons (Fsp3) is 0.143. The van der Waals surface area contributed by atoms with Crippen LogP contribution in [0.15, 0.2) is 11.0 Å². The number of ether oxygens (including phenoxy) is 1. The van der Waals surface area contributed by atoms with Crippen LogP contribution in [0.5, 0.6) is 11.5 Å². The van der Waals surface area contributed by atoms with Gasteiger partial charge in [0.15, 0.2) is 11.4 Å². The van der Waals surface area contributed by atoms with E-state index in [-0.39, 0.29) is 0 Å². The second-order valence-electron chi connectivity index (χ2n) is 2.37. The predicted octanol–water partition coefficient (Wildman–Crippen LogP) is 0.851. The third-order valence-electron chi connectivity index (χ3n) is 1.35. The summed E-state index contributed by atoms with van der Waals surface area (Å²) in [6.07, 6.45) is -4.41. The third-order valence-corrected chi connectivity index (χ3v) is 1.35. The number of pyridine rings is 1. The van der Waals surface area contributed by atoms with E-state index in [2.05, 4.69) is 4.74 Å². The maximum absolute atomic E-state index is 11.8. The van der Waals surface area contributed by atoms with Gasteiger partial charge in [-0.1, -0.05) is 0 Å². The van der Waals surface area contributed by atoms with Crippen molar-refractivity contribution in [3.05, 3.63) is 22.1 Å². The van der Waals surface area contributed by atoms with Crippen LogP contribution in [0, 0.1) is 11.3 Å². The van der Waals surface area contributed by atoms with Crippen LogP contribution in [0.1, 0.15) is 5.69 Å². The Morgan fingerprint density at radius 2 is 2.13 bits per heavy atom. The van der Waals surface area contributed by atoms with Gasteiger partial charge in [-0.05, 0) is 0 Å². The SMILES string of the molecule is N#Cc1[nH]cc(O)c(=O)c1OC(F)(F)F. The Labute approximate surface area is 80.3 Å². The minimum atomic E-state index is -5.10. The summed E-state index contributed by atoms with van der Waals surface area (Å²) in [5.74, 6) is -2.24. The summed E-state index contributed by atoms with van der Waals surface area (Å²) in [6, 6.07) is 1.29. The van der Waals surface area contributed by atoms with Crippen LogP contribution in [0.25, 0.3) is 0 Å². The first kappa shape index (κ1) is 10.9. The molecule has 0 bridgehead atoms. The average Bonchev–Trinajstić information content (AvgIpc) is 2.11. The van der Waals surface area contributed by atoms with Crippen LogP contribution in [-0.2, 0) is 0 Å². The first-order valence-electron chi connectivity index (χ1n) is 3.45. The van der Waals surface area contributed by atoms with Crippen LogP contribution in [0.3, 0.4) is 0 Å². The van der Waals surface area contributed by atoms with Gasteiger partial charge in [0.2, 0.25) is 5.75 Å². The highest BCUT2D eigenvalue weighted by Crippen LogP contribution is 2.22. The zero-order valence-corrected chi connectivity index (χ0v) is 6.92. The van der Waals surface area contributed by atoms with Gasteiger partial charge in [-0.2, -0.15) is 5.26 Å². The number of aromatic amines is 1. The van der Waals surface area contributed by atoms with E-state index in [1.165, 1.54) is 6.07 Å². The van der Waals surface area contributed by atoms with Crippen LogP contribution in [0.4, 0.5) is 13.2 Å². The molecule has 0 saturated heterocycles. The van der Waals surface area contributed by atoms with Crippen LogP contribution in [-0.4, -0.2) is 16.5 Å². The molecule has 5 nitrogen and oxygen atoms in total. The monoisotopic (exact) mass is 220 g/mol. The smallest absolute Gasteiger partial charge is 0.503 e. The molecule has 8 heteroatoms. The maximum Gasteiger partial charge on any atom is 0.573 e. The van der Waals surface area contributed by atoms with Gasteiger partial charge in [0.25, 0.3) is 5.43 Å². The molecule has 0 aliphatic rings. The molecule has 2 N–H and O–H groups in total. The normalized spacial score (nSPS) is 10.8. The van der Waals surface area contributed by atoms with Crippen LogP contribution >= 0.6 is 0 Å². The molecule has 1 aromatic rings. The Morgan fingerprint density at radius 3 is 2.60 bits per heavy atom. The summed E-state index contributed by atoms with van der Waals surface area (Å²) in [4.78, 5) is 13.0. The van der Waals surface area contributed by atoms with E-state index in [0.717, 1.165) is 0 Å². The fourth-order valence-electron chi connectivity index (χ4n) is 0.798. The van der Waals surface area contributed by atoms with E-state index in [4.69, 9.17) is 10.4 Å². The maximum atomic E-state index is 11.8. The molecule has 0 fully saturated rings. The van der Waals surface area contributed by atoms with Crippen molar-refractivity contribution in [2.75, 3.05) is 0 Å². The lowest BCUT2D eigenvalue weighted by atomic mass is 10.3. The summed E-state index contributed by atoms with van der Waals surface area (Å²) < 4.78 is 38.7. The summed E-state index contributed by atoms with van der Waals surface area (Å²) in [7, 11) is 0. The Morgan fingerprint density at radius 1 is 1.53 bits per heavy atom. The molecule has 1 aromatic heterocycles. The fourth-order valence-corrected chi connectivity index (χ4v) is 0.798. The number of nitrogens with one attached hydrogen (secondary N) is 1. The molecule has 0 spiro atoms.